The van der Waals surface area contributed by atoms with Crippen molar-refractivity contribution in [1.29, 1.82) is 5.26 Å². The Balaban J connectivity index is 1.41. The SMILES string of the molecule is Cc1cc(-c2c(-c3cccc(C#N)c3)nn3ccc(N4C[C@@H]5OCCN(C(=O)OC(C)(C)C)[C@H]5C4)nc23)cc(Cl)n1. The lowest BCUT2D eigenvalue weighted by molar-refractivity contribution is -0.0567. The second-order valence-corrected chi connectivity index (χ2v) is 11.7. The summed E-state index contributed by atoms with van der Waals surface area (Å²) in [7, 11) is 0. The minimum absolute atomic E-state index is 0.146. The van der Waals surface area contributed by atoms with Crippen molar-refractivity contribution in [2.45, 2.75) is 45.4 Å². The predicted molar refractivity (Wildman–Crippen MR) is 155 cm³/mol. The number of rotatable bonds is 3. The van der Waals surface area contributed by atoms with Crippen molar-refractivity contribution in [2.24, 2.45) is 0 Å². The fraction of sp³-hybridized carbons (Fsp3) is 0.367. The zero-order chi connectivity index (χ0) is 28.9. The van der Waals surface area contributed by atoms with Crippen LogP contribution in [-0.4, -0.2) is 74.6 Å². The van der Waals surface area contributed by atoms with E-state index in [0.29, 0.717) is 48.3 Å². The molecule has 11 heteroatoms. The molecule has 41 heavy (non-hydrogen) atoms. The van der Waals surface area contributed by atoms with Gasteiger partial charge in [0.25, 0.3) is 0 Å². The molecule has 2 aliphatic heterocycles. The topological polar surface area (TPSA) is 109 Å². The zero-order valence-electron chi connectivity index (χ0n) is 23.3. The van der Waals surface area contributed by atoms with Crippen molar-refractivity contribution in [2.75, 3.05) is 31.1 Å². The van der Waals surface area contributed by atoms with Crippen molar-refractivity contribution in [1.82, 2.24) is 24.5 Å². The van der Waals surface area contributed by atoms with Crippen LogP contribution in [0.5, 0.6) is 0 Å². The first kappa shape index (κ1) is 27.0. The Bertz CT molecular complexity index is 1670. The normalized spacial score (nSPS) is 18.8. The summed E-state index contributed by atoms with van der Waals surface area (Å²) in [4.78, 5) is 26.3. The van der Waals surface area contributed by atoms with Gasteiger partial charge in [0, 0.05) is 37.1 Å². The smallest absolute Gasteiger partial charge is 0.410 e. The number of benzene rings is 1. The van der Waals surface area contributed by atoms with E-state index in [0.717, 1.165) is 28.2 Å². The van der Waals surface area contributed by atoms with Crippen LogP contribution in [0.2, 0.25) is 5.15 Å². The molecule has 3 aromatic heterocycles. The van der Waals surface area contributed by atoms with Crippen LogP contribution in [0.4, 0.5) is 10.6 Å². The molecule has 0 bridgehead atoms. The van der Waals surface area contributed by atoms with Crippen molar-refractivity contribution in [3.05, 3.63) is 65.1 Å². The van der Waals surface area contributed by atoms with Gasteiger partial charge in [0.05, 0.1) is 35.9 Å². The summed E-state index contributed by atoms with van der Waals surface area (Å²) >= 11 is 6.38. The van der Waals surface area contributed by atoms with E-state index in [9.17, 15) is 10.1 Å². The third-order valence-corrected chi connectivity index (χ3v) is 7.39. The number of hydrogen-bond acceptors (Lipinski definition) is 8. The summed E-state index contributed by atoms with van der Waals surface area (Å²) < 4.78 is 13.5. The first-order valence-electron chi connectivity index (χ1n) is 13.5. The molecular weight excluding hydrogens is 542 g/mol. The summed E-state index contributed by atoms with van der Waals surface area (Å²) in [6.07, 6.45) is 1.40. The van der Waals surface area contributed by atoms with E-state index in [1.807, 2.05) is 64.2 Å². The maximum atomic E-state index is 13.0. The average Bonchev–Trinajstić information content (AvgIpc) is 3.53. The predicted octanol–water partition coefficient (Wildman–Crippen LogP) is 5.12. The monoisotopic (exact) mass is 571 g/mol. The van der Waals surface area contributed by atoms with Gasteiger partial charge in [-0.2, -0.15) is 10.4 Å². The number of carbonyl (C=O) groups excluding carboxylic acids is 1. The Kier molecular flexibility index (Phi) is 6.80. The van der Waals surface area contributed by atoms with Crippen molar-refractivity contribution >= 4 is 29.2 Å². The molecule has 0 saturated carbocycles. The van der Waals surface area contributed by atoms with E-state index < -0.39 is 5.60 Å². The number of halogens is 1. The Hall–Kier alpha value is -4.20. The molecular formula is C30H30ClN7O3. The van der Waals surface area contributed by atoms with Gasteiger partial charge in [-0.25, -0.2) is 19.3 Å². The number of hydrogen-bond donors (Lipinski definition) is 0. The van der Waals surface area contributed by atoms with Crippen LogP contribution in [0, 0.1) is 18.3 Å². The molecule has 2 saturated heterocycles. The number of aromatic nitrogens is 4. The van der Waals surface area contributed by atoms with E-state index in [1.54, 1.807) is 21.5 Å². The Morgan fingerprint density at radius 3 is 2.73 bits per heavy atom. The zero-order valence-corrected chi connectivity index (χ0v) is 24.1. The lowest BCUT2D eigenvalue weighted by Gasteiger charge is -2.37. The van der Waals surface area contributed by atoms with Gasteiger partial charge in [-0.3, -0.25) is 4.90 Å². The standard InChI is InChI=1S/C30H30ClN7O3/c1-18-12-21(14-24(31)33-18)26-27(20-7-5-6-19(13-20)15-32)35-38-9-8-25(34-28(26)38)36-16-22-23(17-36)40-11-10-37(22)29(39)41-30(2,3)4/h5-9,12-14,22-23H,10-11,16-17H2,1-4H3/t22-,23-/m0/s1. The first-order valence-corrected chi connectivity index (χ1v) is 13.9. The molecule has 0 radical (unpaired) electrons. The number of aryl methyl sites for hydroxylation is 1. The molecule has 5 heterocycles. The van der Waals surface area contributed by atoms with Gasteiger partial charge in [0.15, 0.2) is 5.65 Å². The number of morpholine rings is 1. The summed E-state index contributed by atoms with van der Waals surface area (Å²) in [5, 5.41) is 14.7. The molecule has 0 spiro atoms. The maximum absolute atomic E-state index is 13.0. The van der Waals surface area contributed by atoms with Gasteiger partial charge in [-0.1, -0.05) is 23.7 Å². The molecule has 1 amide bonds. The van der Waals surface area contributed by atoms with Gasteiger partial charge >= 0.3 is 6.09 Å². The molecule has 6 rings (SSSR count). The summed E-state index contributed by atoms with van der Waals surface area (Å²) in [6.45, 7) is 9.59. The highest BCUT2D eigenvalue weighted by molar-refractivity contribution is 6.29. The number of amides is 1. The van der Waals surface area contributed by atoms with E-state index >= 15 is 0 Å². The highest BCUT2D eigenvalue weighted by atomic mass is 35.5. The molecule has 10 nitrogen and oxygen atoms in total. The van der Waals surface area contributed by atoms with Crippen LogP contribution >= 0.6 is 11.6 Å². The van der Waals surface area contributed by atoms with Crippen LogP contribution in [0.25, 0.3) is 28.0 Å². The van der Waals surface area contributed by atoms with Crippen molar-refractivity contribution in [3.63, 3.8) is 0 Å². The fourth-order valence-corrected chi connectivity index (χ4v) is 5.75. The fourth-order valence-electron chi connectivity index (χ4n) is 5.49. The van der Waals surface area contributed by atoms with E-state index in [1.165, 1.54) is 0 Å². The second kappa shape index (κ2) is 10.3. The molecule has 0 N–H and O–H groups in total. The molecule has 0 aliphatic carbocycles. The minimum atomic E-state index is -0.577. The van der Waals surface area contributed by atoms with E-state index in [-0.39, 0.29) is 18.2 Å². The Morgan fingerprint density at radius 1 is 1.15 bits per heavy atom. The third-order valence-electron chi connectivity index (χ3n) is 7.20. The highest BCUT2D eigenvalue weighted by Gasteiger charge is 2.44. The molecule has 2 atom stereocenters. The van der Waals surface area contributed by atoms with Crippen LogP contribution in [0.1, 0.15) is 32.0 Å². The molecule has 1 aromatic carbocycles. The second-order valence-electron chi connectivity index (χ2n) is 11.3. The van der Waals surface area contributed by atoms with Crippen molar-refractivity contribution < 1.29 is 14.3 Å². The summed E-state index contributed by atoms with van der Waals surface area (Å²) in [5.74, 6) is 0.745. The quantitative estimate of drug-likeness (QED) is 0.312. The van der Waals surface area contributed by atoms with Gasteiger partial charge in [0.1, 0.15) is 22.3 Å². The molecule has 210 valence electrons. The number of pyridine rings is 1. The summed E-state index contributed by atoms with van der Waals surface area (Å²) in [5.41, 5.74) is 4.47. The van der Waals surface area contributed by atoms with Gasteiger partial charge < -0.3 is 14.4 Å². The van der Waals surface area contributed by atoms with Crippen LogP contribution in [0.3, 0.4) is 0 Å². The number of fused-ring (bicyclic) bond motifs is 2. The van der Waals surface area contributed by atoms with Crippen molar-refractivity contribution in [3.8, 4) is 28.5 Å². The number of ether oxygens (including phenoxy) is 2. The van der Waals surface area contributed by atoms with Crippen LogP contribution in [-0.2, 0) is 9.47 Å². The highest BCUT2D eigenvalue weighted by Crippen LogP contribution is 2.37. The van der Waals surface area contributed by atoms with Crippen LogP contribution in [0.15, 0.2) is 48.7 Å². The Morgan fingerprint density at radius 2 is 1.98 bits per heavy atom. The van der Waals surface area contributed by atoms with Gasteiger partial charge in [-0.05, 0) is 63.6 Å². The number of nitrogens with zero attached hydrogens (tertiary/aromatic N) is 7. The van der Waals surface area contributed by atoms with Crippen LogP contribution < -0.4 is 4.90 Å². The molecule has 0 unspecified atom stereocenters. The molecule has 4 aromatic rings. The first-order chi connectivity index (χ1) is 19.6. The lowest BCUT2D eigenvalue weighted by atomic mass is 10.00. The minimum Gasteiger partial charge on any atom is -0.444 e. The number of anilines is 1. The molecule has 2 aliphatic rings. The Labute approximate surface area is 243 Å². The summed E-state index contributed by atoms with van der Waals surface area (Å²) in [6, 6.07) is 15.1. The van der Waals surface area contributed by atoms with E-state index in [4.69, 9.17) is 31.2 Å². The number of nitriles is 1. The molecule has 2 fully saturated rings. The number of carbonyl (C=O) groups is 1. The largest absolute Gasteiger partial charge is 0.444 e. The van der Waals surface area contributed by atoms with Gasteiger partial charge in [-0.15, -0.1) is 0 Å². The lowest BCUT2D eigenvalue weighted by Crippen LogP contribution is -2.54. The third kappa shape index (κ3) is 5.31. The maximum Gasteiger partial charge on any atom is 0.410 e. The van der Waals surface area contributed by atoms with E-state index in [2.05, 4.69) is 16.0 Å². The average molecular weight is 572 g/mol. The van der Waals surface area contributed by atoms with Gasteiger partial charge in [0.2, 0.25) is 0 Å².